The van der Waals surface area contributed by atoms with Crippen LogP contribution < -0.4 is 5.32 Å². The Morgan fingerprint density at radius 1 is 1.13 bits per heavy atom. The van der Waals surface area contributed by atoms with E-state index in [0.29, 0.717) is 19.1 Å². The van der Waals surface area contributed by atoms with Gasteiger partial charge in [-0.05, 0) is 38.0 Å². The quantitative estimate of drug-likeness (QED) is 0.716. The molecule has 2 aliphatic carbocycles. The summed E-state index contributed by atoms with van der Waals surface area (Å²) in [4.78, 5) is 27.4. The zero-order valence-corrected chi connectivity index (χ0v) is 19.0. The van der Waals surface area contributed by atoms with E-state index in [2.05, 4.69) is 12.2 Å². The van der Waals surface area contributed by atoms with Crippen molar-refractivity contribution in [1.29, 1.82) is 0 Å². The van der Waals surface area contributed by atoms with E-state index in [1.807, 2.05) is 0 Å². The van der Waals surface area contributed by atoms with Crippen LogP contribution in [0.4, 0.5) is 4.39 Å². The highest BCUT2D eigenvalue weighted by Crippen LogP contribution is 2.47. The minimum atomic E-state index is -1.23. The number of hydrogen-bond acceptors (Lipinski definition) is 4. The van der Waals surface area contributed by atoms with E-state index in [1.165, 1.54) is 12.8 Å². The van der Waals surface area contributed by atoms with Crippen molar-refractivity contribution in [2.45, 2.75) is 89.4 Å². The Balaban J connectivity index is 1.28. The summed E-state index contributed by atoms with van der Waals surface area (Å²) in [6.07, 6.45) is 9.46. The lowest BCUT2D eigenvalue weighted by Gasteiger charge is -2.46. The standard InChI is InChI=1S/C24H39FN2O4/c1-17-6-5-7-18(12-17)31-15-22(28)26-21-14-27(13-20(21)25)23(29)19-8-11-30-16-24(19)9-3-2-4-10-24/h17-21H,2-16H2,1H3,(H,26,28)/t17?,18?,19?,20-,21+/m0/s1. The molecule has 0 bridgehead atoms. The van der Waals surface area contributed by atoms with Crippen molar-refractivity contribution in [1.82, 2.24) is 10.2 Å². The van der Waals surface area contributed by atoms with Gasteiger partial charge in [0.2, 0.25) is 11.8 Å². The highest BCUT2D eigenvalue weighted by molar-refractivity contribution is 5.81. The number of rotatable bonds is 5. The molecule has 2 amide bonds. The Morgan fingerprint density at radius 2 is 1.94 bits per heavy atom. The van der Waals surface area contributed by atoms with Crippen molar-refractivity contribution < 1.29 is 23.5 Å². The molecule has 3 unspecified atom stereocenters. The minimum absolute atomic E-state index is 0.0301. The number of ether oxygens (including phenoxy) is 2. The van der Waals surface area contributed by atoms with Gasteiger partial charge < -0.3 is 19.7 Å². The molecule has 4 aliphatic rings. The number of hydrogen-bond donors (Lipinski definition) is 1. The van der Waals surface area contributed by atoms with Gasteiger partial charge in [0.05, 0.1) is 25.3 Å². The van der Waals surface area contributed by atoms with E-state index in [4.69, 9.17) is 9.47 Å². The number of nitrogens with one attached hydrogen (secondary N) is 1. The molecule has 0 aromatic carbocycles. The van der Waals surface area contributed by atoms with Crippen molar-refractivity contribution in [2.75, 3.05) is 32.9 Å². The highest BCUT2D eigenvalue weighted by Gasteiger charge is 2.49. The van der Waals surface area contributed by atoms with Crippen molar-refractivity contribution in [3.63, 3.8) is 0 Å². The van der Waals surface area contributed by atoms with Gasteiger partial charge in [-0.25, -0.2) is 4.39 Å². The number of carbonyl (C=O) groups excluding carboxylic acids is 2. The van der Waals surface area contributed by atoms with Crippen molar-refractivity contribution in [2.24, 2.45) is 17.3 Å². The maximum absolute atomic E-state index is 14.7. The zero-order valence-electron chi connectivity index (χ0n) is 19.0. The fourth-order valence-corrected chi connectivity index (χ4v) is 6.29. The first-order valence-corrected chi connectivity index (χ1v) is 12.4. The predicted molar refractivity (Wildman–Crippen MR) is 115 cm³/mol. The van der Waals surface area contributed by atoms with Crippen LogP contribution >= 0.6 is 0 Å². The average Bonchev–Trinajstić information content (AvgIpc) is 3.13. The highest BCUT2D eigenvalue weighted by atomic mass is 19.1. The molecule has 6 nitrogen and oxygen atoms in total. The van der Waals surface area contributed by atoms with Gasteiger partial charge in [0.25, 0.3) is 0 Å². The summed E-state index contributed by atoms with van der Waals surface area (Å²) in [7, 11) is 0. The minimum Gasteiger partial charge on any atom is -0.381 e. The van der Waals surface area contributed by atoms with Gasteiger partial charge in [-0.15, -0.1) is 0 Å². The molecular formula is C24H39FN2O4. The maximum Gasteiger partial charge on any atom is 0.246 e. The van der Waals surface area contributed by atoms with Crippen LogP contribution in [0, 0.1) is 17.3 Å². The van der Waals surface area contributed by atoms with Crippen molar-refractivity contribution in [3.8, 4) is 0 Å². The number of likely N-dealkylation sites (tertiary alicyclic amines) is 1. The number of carbonyl (C=O) groups is 2. The van der Waals surface area contributed by atoms with E-state index in [9.17, 15) is 14.0 Å². The zero-order chi connectivity index (χ0) is 21.8. The third kappa shape index (κ3) is 5.41. The second kappa shape index (κ2) is 10.2. The van der Waals surface area contributed by atoms with E-state index < -0.39 is 12.2 Å². The third-order valence-electron chi connectivity index (χ3n) is 8.07. The predicted octanol–water partition coefficient (Wildman–Crippen LogP) is 3.23. The van der Waals surface area contributed by atoms with Crippen LogP contribution in [0.1, 0.15) is 71.1 Å². The lowest BCUT2D eigenvalue weighted by molar-refractivity contribution is -0.151. The Bertz CT molecular complexity index is 631. The second-order valence-electron chi connectivity index (χ2n) is 10.5. The molecule has 1 spiro atoms. The van der Waals surface area contributed by atoms with Crippen molar-refractivity contribution >= 4 is 11.8 Å². The van der Waals surface area contributed by atoms with Crippen LogP contribution in [-0.2, 0) is 19.1 Å². The van der Waals surface area contributed by atoms with Gasteiger partial charge in [-0.3, -0.25) is 9.59 Å². The van der Waals surface area contributed by atoms with Gasteiger partial charge in [-0.2, -0.15) is 0 Å². The van der Waals surface area contributed by atoms with Gasteiger partial charge in [0.1, 0.15) is 12.8 Å². The molecule has 176 valence electrons. The van der Waals surface area contributed by atoms with E-state index in [1.54, 1.807) is 4.90 Å². The Morgan fingerprint density at radius 3 is 2.71 bits per heavy atom. The van der Waals surface area contributed by atoms with E-state index >= 15 is 0 Å². The summed E-state index contributed by atoms with van der Waals surface area (Å²) in [5, 5.41) is 2.78. The molecule has 4 fully saturated rings. The second-order valence-corrected chi connectivity index (χ2v) is 10.5. The molecule has 4 rings (SSSR count). The first-order valence-electron chi connectivity index (χ1n) is 12.4. The molecule has 0 radical (unpaired) electrons. The van der Waals surface area contributed by atoms with Gasteiger partial charge in [0, 0.05) is 24.5 Å². The molecule has 1 N–H and O–H groups in total. The first kappa shape index (κ1) is 23.0. The van der Waals surface area contributed by atoms with Gasteiger partial charge in [0.15, 0.2) is 0 Å². The molecular weight excluding hydrogens is 399 g/mol. The maximum atomic E-state index is 14.7. The average molecular weight is 439 g/mol. The summed E-state index contributed by atoms with van der Waals surface area (Å²) in [5.41, 5.74) is -0.0777. The SMILES string of the molecule is CC1CCCC(OCC(=O)N[C@@H]2CN(C(=O)C3CCOCC34CCCCC4)C[C@@H]2F)C1. The van der Waals surface area contributed by atoms with Crippen LogP contribution in [0.3, 0.4) is 0 Å². The lowest BCUT2D eigenvalue weighted by Crippen LogP contribution is -2.50. The van der Waals surface area contributed by atoms with Crippen LogP contribution in [0.5, 0.6) is 0 Å². The fraction of sp³-hybridized carbons (Fsp3) is 0.917. The number of nitrogens with zero attached hydrogens (tertiary/aromatic N) is 1. The summed E-state index contributed by atoms with van der Waals surface area (Å²) in [6, 6.07) is -0.646. The molecule has 2 aliphatic heterocycles. The van der Waals surface area contributed by atoms with Crippen LogP contribution in [-0.4, -0.2) is 67.9 Å². The topological polar surface area (TPSA) is 67.9 Å². The normalized spacial score (nSPS) is 35.8. The largest absolute Gasteiger partial charge is 0.381 e. The number of amides is 2. The molecule has 7 heteroatoms. The van der Waals surface area contributed by atoms with Crippen molar-refractivity contribution in [3.05, 3.63) is 0 Å². The Hall–Kier alpha value is -1.21. The Labute approximate surface area is 185 Å². The smallest absolute Gasteiger partial charge is 0.246 e. The molecule has 0 aromatic heterocycles. The molecule has 31 heavy (non-hydrogen) atoms. The van der Waals surface area contributed by atoms with E-state index in [0.717, 1.165) is 51.4 Å². The van der Waals surface area contributed by atoms with Crippen LogP contribution in [0.2, 0.25) is 0 Å². The van der Waals surface area contributed by atoms with Gasteiger partial charge in [-0.1, -0.05) is 39.0 Å². The van der Waals surface area contributed by atoms with Gasteiger partial charge >= 0.3 is 0 Å². The number of halogens is 1. The fourth-order valence-electron chi connectivity index (χ4n) is 6.29. The monoisotopic (exact) mass is 438 g/mol. The third-order valence-corrected chi connectivity index (χ3v) is 8.07. The molecule has 2 saturated carbocycles. The summed E-state index contributed by atoms with van der Waals surface area (Å²) in [5.74, 6) is 0.316. The van der Waals surface area contributed by atoms with Crippen LogP contribution in [0.15, 0.2) is 0 Å². The number of alkyl halides is 1. The molecule has 2 saturated heterocycles. The summed E-state index contributed by atoms with van der Waals surface area (Å²) < 4.78 is 26.3. The molecule has 0 aromatic rings. The Kier molecular flexibility index (Phi) is 7.52. The summed E-state index contributed by atoms with van der Waals surface area (Å²) in [6.45, 7) is 3.74. The molecule has 2 heterocycles. The lowest BCUT2D eigenvalue weighted by atomic mass is 9.64. The van der Waals surface area contributed by atoms with Crippen LogP contribution in [0.25, 0.3) is 0 Å². The summed E-state index contributed by atoms with van der Waals surface area (Å²) >= 11 is 0. The first-order chi connectivity index (χ1) is 15.0. The molecule has 5 atom stereocenters. The van der Waals surface area contributed by atoms with E-state index in [-0.39, 0.29) is 48.9 Å².